The van der Waals surface area contributed by atoms with Crippen LogP contribution in [0.1, 0.15) is 30.0 Å². The fourth-order valence-corrected chi connectivity index (χ4v) is 5.76. The minimum absolute atomic E-state index is 0.0343. The summed E-state index contributed by atoms with van der Waals surface area (Å²) in [6.45, 7) is 5.03. The summed E-state index contributed by atoms with van der Waals surface area (Å²) in [5, 5.41) is 3.15. The third-order valence-corrected chi connectivity index (χ3v) is 8.42. The molecule has 2 amide bonds. The summed E-state index contributed by atoms with van der Waals surface area (Å²) in [6.07, 6.45) is 0.331. The van der Waals surface area contributed by atoms with E-state index in [9.17, 15) is 18.0 Å². The number of benzene rings is 3. The second-order valence-electron chi connectivity index (χ2n) is 9.19. The van der Waals surface area contributed by atoms with E-state index >= 15 is 0 Å². The van der Waals surface area contributed by atoms with E-state index in [-0.39, 0.29) is 23.0 Å². The number of halogens is 1. The van der Waals surface area contributed by atoms with Crippen LogP contribution >= 0.6 is 11.6 Å². The monoisotopic (exact) mass is 571 g/mol. The lowest BCUT2D eigenvalue weighted by Crippen LogP contribution is -2.51. The normalized spacial score (nSPS) is 11.9. The number of carbonyl (C=O) groups is 2. The average Bonchev–Trinajstić information content (AvgIpc) is 2.92. The highest BCUT2D eigenvalue weighted by molar-refractivity contribution is 7.92. The number of likely N-dealkylation sites (N-methyl/N-ethyl adjacent to an activating group) is 1. The van der Waals surface area contributed by atoms with Crippen LogP contribution in [-0.2, 0) is 26.2 Å². The number of aryl methyl sites for hydroxylation is 2. The molecule has 0 bridgehead atoms. The number of anilines is 1. The van der Waals surface area contributed by atoms with Crippen molar-refractivity contribution in [3.05, 3.63) is 88.4 Å². The van der Waals surface area contributed by atoms with Crippen LogP contribution in [0.25, 0.3) is 0 Å². The van der Waals surface area contributed by atoms with Crippen molar-refractivity contribution in [2.45, 2.75) is 44.7 Å². The molecule has 3 aromatic carbocycles. The van der Waals surface area contributed by atoms with Crippen molar-refractivity contribution < 1.29 is 22.7 Å². The van der Waals surface area contributed by atoms with Gasteiger partial charge in [-0.1, -0.05) is 54.4 Å². The van der Waals surface area contributed by atoms with Crippen LogP contribution in [0.15, 0.2) is 71.6 Å². The Labute approximate surface area is 235 Å². The zero-order chi connectivity index (χ0) is 28.7. The zero-order valence-corrected chi connectivity index (χ0v) is 24.3. The van der Waals surface area contributed by atoms with Crippen LogP contribution in [0.4, 0.5) is 5.69 Å². The van der Waals surface area contributed by atoms with Crippen LogP contribution in [0.2, 0.25) is 5.02 Å². The van der Waals surface area contributed by atoms with E-state index in [2.05, 4.69) is 5.32 Å². The van der Waals surface area contributed by atoms with Gasteiger partial charge in [0.1, 0.15) is 18.3 Å². The quantitative estimate of drug-likeness (QED) is 0.359. The molecule has 0 spiro atoms. The molecule has 0 saturated heterocycles. The highest BCUT2D eigenvalue weighted by Gasteiger charge is 2.34. The van der Waals surface area contributed by atoms with Gasteiger partial charge in [0, 0.05) is 18.6 Å². The fourth-order valence-electron chi connectivity index (χ4n) is 4.22. The van der Waals surface area contributed by atoms with Gasteiger partial charge in [-0.25, -0.2) is 8.42 Å². The van der Waals surface area contributed by atoms with Crippen molar-refractivity contribution in [1.82, 2.24) is 10.2 Å². The molecule has 0 fully saturated rings. The first-order valence-corrected chi connectivity index (χ1v) is 14.3. The number of hydrogen-bond donors (Lipinski definition) is 1. The molecule has 3 aromatic rings. The van der Waals surface area contributed by atoms with E-state index in [1.807, 2.05) is 13.8 Å². The van der Waals surface area contributed by atoms with E-state index in [4.69, 9.17) is 16.3 Å². The van der Waals surface area contributed by atoms with Gasteiger partial charge >= 0.3 is 0 Å². The standard InChI is InChI=1S/C29H34ClN3O5S/c1-6-25(29(35)31-4)32(18-22-10-12-23(30)13-11-22)28(34)19-33(26-17-21(3)9-16-27(26)38-5)39(36,37)24-14-7-20(2)8-15-24/h7-17,25H,6,18-19H2,1-5H3,(H,31,35)/t25-/m1/s1. The number of rotatable bonds is 11. The second-order valence-corrected chi connectivity index (χ2v) is 11.5. The molecule has 1 atom stereocenters. The van der Waals surface area contributed by atoms with Crippen molar-refractivity contribution in [3.63, 3.8) is 0 Å². The van der Waals surface area contributed by atoms with Crippen LogP contribution in [-0.4, -0.2) is 51.9 Å². The molecule has 3 rings (SSSR count). The first kappa shape index (κ1) is 30.0. The van der Waals surface area contributed by atoms with Crippen LogP contribution in [0.5, 0.6) is 5.75 Å². The van der Waals surface area contributed by atoms with Crippen molar-refractivity contribution in [3.8, 4) is 5.75 Å². The van der Waals surface area contributed by atoms with E-state index in [1.165, 1.54) is 31.2 Å². The average molecular weight is 572 g/mol. The van der Waals surface area contributed by atoms with Gasteiger partial charge < -0.3 is 15.0 Å². The smallest absolute Gasteiger partial charge is 0.264 e. The second kappa shape index (κ2) is 13.0. The maximum absolute atomic E-state index is 14.0. The minimum atomic E-state index is -4.20. The number of amides is 2. The predicted molar refractivity (Wildman–Crippen MR) is 154 cm³/mol. The molecule has 0 aromatic heterocycles. The van der Waals surface area contributed by atoms with Gasteiger partial charge in [0.2, 0.25) is 11.8 Å². The minimum Gasteiger partial charge on any atom is -0.495 e. The van der Waals surface area contributed by atoms with E-state index < -0.39 is 28.5 Å². The van der Waals surface area contributed by atoms with Gasteiger partial charge in [-0.05, 0) is 67.8 Å². The SMILES string of the molecule is CC[C@H](C(=O)NC)N(Cc1ccc(Cl)cc1)C(=O)CN(c1cc(C)ccc1OC)S(=O)(=O)c1ccc(C)cc1. The molecule has 0 aliphatic heterocycles. The Morgan fingerprint density at radius 2 is 1.59 bits per heavy atom. The Balaban J connectivity index is 2.12. The topological polar surface area (TPSA) is 96.0 Å². The van der Waals surface area contributed by atoms with Gasteiger partial charge in [-0.3, -0.25) is 13.9 Å². The molecule has 0 heterocycles. The maximum Gasteiger partial charge on any atom is 0.264 e. The van der Waals surface area contributed by atoms with Gasteiger partial charge in [0.05, 0.1) is 17.7 Å². The molecule has 0 saturated carbocycles. The summed E-state index contributed by atoms with van der Waals surface area (Å²) in [6, 6.07) is 17.7. The van der Waals surface area contributed by atoms with E-state index in [0.29, 0.717) is 17.2 Å². The lowest BCUT2D eigenvalue weighted by Gasteiger charge is -2.33. The Morgan fingerprint density at radius 3 is 2.15 bits per heavy atom. The Morgan fingerprint density at radius 1 is 0.974 bits per heavy atom. The highest BCUT2D eigenvalue weighted by Crippen LogP contribution is 2.34. The molecule has 8 nitrogen and oxygen atoms in total. The largest absolute Gasteiger partial charge is 0.495 e. The zero-order valence-electron chi connectivity index (χ0n) is 22.8. The van der Waals surface area contributed by atoms with Gasteiger partial charge in [0.25, 0.3) is 10.0 Å². The number of nitrogens with one attached hydrogen (secondary N) is 1. The van der Waals surface area contributed by atoms with Crippen molar-refractivity contribution >= 4 is 39.1 Å². The number of hydrogen-bond acceptors (Lipinski definition) is 5. The molecule has 39 heavy (non-hydrogen) atoms. The molecule has 1 N–H and O–H groups in total. The molecule has 0 aliphatic carbocycles. The Bertz CT molecular complexity index is 1410. The Hall–Kier alpha value is -3.56. The van der Waals surface area contributed by atoms with Gasteiger partial charge in [-0.15, -0.1) is 0 Å². The molecule has 0 radical (unpaired) electrons. The molecular weight excluding hydrogens is 538 g/mol. The number of methoxy groups -OCH3 is 1. The Kier molecular flexibility index (Phi) is 9.99. The summed E-state index contributed by atoms with van der Waals surface area (Å²) < 4.78 is 34.6. The molecular formula is C29H34ClN3O5S. The third kappa shape index (κ3) is 7.10. The van der Waals surface area contributed by atoms with Crippen molar-refractivity contribution in [2.24, 2.45) is 0 Å². The summed E-state index contributed by atoms with van der Waals surface area (Å²) in [4.78, 5) is 28.3. The number of ether oxygens (including phenoxy) is 1. The number of carbonyl (C=O) groups excluding carboxylic acids is 2. The highest BCUT2D eigenvalue weighted by atomic mass is 35.5. The van der Waals surface area contributed by atoms with Crippen LogP contribution in [0, 0.1) is 13.8 Å². The number of nitrogens with zero attached hydrogens (tertiary/aromatic N) is 2. The number of sulfonamides is 1. The van der Waals surface area contributed by atoms with Gasteiger partial charge in [-0.2, -0.15) is 0 Å². The molecule has 208 valence electrons. The fraction of sp³-hybridized carbons (Fsp3) is 0.310. The third-order valence-electron chi connectivity index (χ3n) is 6.39. The predicted octanol–water partition coefficient (Wildman–Crippen LogP) is 4.71. The summed E-state index contributed by atoms with van der Waals surface area (Å²) >= 11 is 6.04. The summed E-state index contributed by atoms with van der Waals surface area (Å²) in [5.74, 6) is -0.591. The van der Waals surface area contributed by atoms with Crippen LogP contribution in [0.3, 0.4) is 0 Å². The van der Waals surface area contributed by atoms with Crippen molar-refractivity contribution in [2.75, 3.05) is 25.0 Å². The lowest BCUT2D eigenvalue weighted by atomic mass is 10.1. The molecule has 0 aliphatic rings. The first-order chi connectivity index (χ1) is 18.5. The van der Waals surface area contributed by atoms with Crippen molar-refractivity contribution in [1.29, 1.82) is 0 Å². The summed E-state index contributed by atoms with van der Waals surface area (Å²) in [5.41, 5.74) is 2.66. The first-order valence-electron chi connectivity index (χ1n) is 12.5. The van der Waals surface area contributed by atoms with E-state index in [1.54, 1.807) is 61.5 Å². The van der Waals surface area contributed by atoms with Gasteiger partial charge in [0.15, 0.2) is 0 Å². The molecule has 10 heteroatoms. The summed E-state index contributed by atoms with van der Waals surface area (Å²) in [7, 11) is -1.25. The lowest BCUT2D eigenvalue weighted by molar-refractivity contribution is -0.140. The molecule has 0 unspecified atom stereocenters. The maximum atomic E-state index is 14.0. The van der Waals surface area contributed by atoms with Crippen LogP contribution < -0.4 is 14.4 Å². The van der Waals surface area contributed by atoms with E-state index in [0.717, 1.165) is 21.0 Å².